The van der Waals surface area contributed by atoms with Crippen molar-refractivity contribution >= 4 is 33.5 Å². The minimum Gasteiger partial charge on any atom is -0.497 e. The topological polar surface area (TPSA) is 110 Å². The van der Waals surface area contributed by atoms with Gasteiger partial charge in [0.15, 0.2) is 0 Å². The number of methoxy groups -OCH3 is 1. The molecule has 0 radical (unpaired) electrons. The lowest BCUT2D eigenvalue weighted by Crippen LogP contribution is -2.45. The number of rotatable bonds is 9. The van der Waals surface area contributed by atoms with Crippen molar-refractivity contribution < 1.29 is 32.3 Å². The normalized spacial score (nSPS) is 15.8. The van der Waals surface area contributed by atoms with Crippen LogP contribution >= 0.6 is 0 Å². The minimum absolute atomic E-state index is 0.0262. The van der Waals surface area contributed by atoms with Crippen LogP contribution in [0, 0.1) is 0 Å². The van der Waals surface area contributed by atoms with Gasteiger partial charge in [0, 0.05) is 6.54 Å². The van der Waals surface area contributed by atoms with Gasteiger partial charge >= 0.3 is 5.97 Å². The summed E-state index contributed by atoms with van der Waals surface area (Å²) in [4.78, 5) is 39.4. The summed E-state index contributed by atoms with van der Waals surface area (Å²) < 4.78 is 38.7. The molecular weight excluding hydrogens is 496 g/mol. The number of ether oxygens (including phenoxy) is 2. The number of amides is 2. The van der Waals surface area contributed by atoms with Gasteiger partial charge < -0.3 is 9.47 Å². The number of imide groups is 1. The van der Waals surface area contributed by atoms with E-state index in [2.05, 4.69) is 0 Å². The molecule has 1 aliphatic heterocycles. The zero-order chi connectivity index (χ0) is 26.6. The molecule has 37 heavy (non-hydrogen) atoms. The Kier molecular flexibility index (Phi) is 7.70. The standard InChI is InChI=1S/C27H26N2O7S/c1-3-36-27(32)20-9-11-21(12-10-20)29-25(30)17-24(26(29)31)28(18-19-7-5-4-6-8-19)37(33,34)23-15-13-22(35-2)14-16-23/h4-16,24H,3,17-18H2,1-2H3. The van der Waals surface area contributed by atoms with Gasteiger partial charge in [0.1, 0.15) is 11.8 Å². The SMILES string of the molecule is CCOC(=O)c1ccc(N2C(=O)CC(N(Cc3ccccc3)S(=O)(=O)c3ccc(OC)cc3)C2=O)cc1. The van der Waals surface area contributed by atoms with Crippen LogP contribution in [-0.2, 0) is 30.9 Å². The summed E-state index contributed by atoms with van der Waals surface area (Å²) in [5.41, 5.74) is 1.18. The van der Waals surface area contributed by atoms with Crippen LogP contribution in [0.15, 0.2) is 83.8 Å². The third-order valence-electron chi connectivity index (χ3n) is 5.95. The number of carbonyl (C=O) groups is 3. The highest BCUT2D eigenvalue weighted by Gasteiger charge is 2.47. The molecule has 0 saturated carbocycles. The van der Waals surface area contributed by atoms with E-state index in [-0.39, 0.29) is 35.7 Å². The second-order valence-corrected chi connectivity index (χ2v) is 10.2. The molecule has 1 fully saturated rings. The molecule has 1 saturated heterocycles. The lowest BCUT2D eigenvalue weighted by atomic mass is 10.2. The molecule has 1 heterocycles. The molecule has 192 valence electrons. The number of hydrogen-bond acceptors (Lipinski definition) is 7. The molecule has 3 aromatic carbocycles. The van der Waals surface area contributed by atoms with E-state index >= 15 is 0 Å². The molecule has 3 aromatic rings. The first kappa shape index (κ1) is 26.1. The largest absolute Gasteiger partial charge is 0.497 e. The van der Waals surface area contributed by atoms with Crippen LogP contribution in [0.4, 0.5) is 5.69 Å². The molecule has 0 aromatic heterocycles. The first-order valence-corrected chi connectivity index (χ1v) is 13.0. The van der Waals surface area contributed by atoms with Crippen LogP contribution in [-0.4, -0.2) is 50.3 Å². The third kappa shape index (κ3) is 5.40. The fourth-order valence-corrected chi connectivity index (χ4v) is 5.65. The number of anilines is 1. The van der Waals surface area contributed by atoms with Crippen LogP contribution in [0.2, 0.25) is 0 Å². The molecule has 0 aliphatic carbocycles. The minimum atomic E-state index is -4.18. The summed E-state index contributed by atoms with van der Waals surface area (Å²) >= 11 is 0. The van der Waals surface area contributed by atoms with Crippen molar-refractivity contribution in [2.75, 3.05) is 18.6 Å². The van der Waals surface area contributed by atoms with Gasteiger partial charge in [-0.2, -0.15) is 4.31 Å². The van der Waals surface area contributed by atoms with Crippen molar-refractivity contribution in [2.24, 2.45) is 0 Å². The fourth-order valence-electron chi connectivity index (χ4n) is 4.08. The summed E-state index contributed by atoms with van der Waals surface area (Å²) in [6.45, 7) is 1.80. The van der Waals surface area contributed by atoms with Gasteiger partial charge in [-0.3, -0.25) is 9.59 Å². The monoisotopic (exact) mass is 522 g/mol. The second kappa shape index (κ2) is 10.9. The molecule has 0 N–H and O–H groups in total. The summed E-state index contributed by atoms with van der Waals surface area (Å²) in [6.07, 6.45) is -0.319. The molecule has 1 unspecified atom stereocenters. The third-order valence-corrected chi connectivity index (χ3v) is 7.82. The van der Waals surface area contributed by atoms with Crippen LogP contribution in [0.3, 0.4) is 0 Å². The van der Waals surface area contributed by atoms with Gasteiger partial charge in [0.25, 0.3) is 5.91 Å². The first-order valence-electron chi connectivity index (χ1n) is 11.6. The van der Waals surface area contributed by atoms with E-state index in [1.807, 2.05) is 0 Å². The Morgan fingerprint density at radius 3 is 2.22 bits per heavy atom. The molecule has 4 rings (SSSR count). The Bertz CT molecular complexity index is 1390. The molecule has 1 atom stereocenters. The van der Waals surface area contributed by atoms with Gasteiger partial charge in [0.05, 0.1) is 36.3 Å². The maximum Gasteiger partial charge on any atom is 0.338 e. The average molecular weight is 523 g/mol. The zero-order valence-corrected chi connectivity index (χ0v) is 21.2. The van der Waals surface area contributed by atoms with Gasteiger partial charge in [-0.15, -0.1) is 0 Å². The predicted octanol–water partition coefficient (Wildman–Crippen LogP) is 3.39. The molecular formula is C27H26N2O7S. The molecule has 10 heteroatoms. The van der Waals surface area contributed by atoms with Crippen molar-refractivity contribution in [1.82, 2.24) is 4.31 Å². The van der Waals surface area contributed by atoms with Crippen molar-refractivity contribution in [2.45, 2.75) is 30.8 Å². The van der Waals surface area contributed by atoms with Crippen molar-refractivity contribution in [1.29, 1.82) is 0 Å². The van der Waals surface area contributed by atoms with Crippen LogP contribution in [0.5, 0.6) is 5.75 Å². The highest BCUT2D eigenvalue weighted by atomic mass is 32.2. The maximum atomic E-state index is 13.8. The summed E-state index contributed by atoms with van der Waals surface area (Å²) in [5, 5.41) is 0. The molecule has 1 aliphatic rings. The number of nitrogens with zero attached hydrogens (tertiary/aromatic N) is 2. The van der Waals surface area contributed by atoms with E-state index in [1.165, 1.54) is 55.6 Å². The summed E-state index contributed by atoms with van der Waals surface area (Å²) in [6, 6.07) is 19.3. The molecule has 9 nitrogen and oxygen atoms in total. The number of benzene rings is 3. The van der Waals surface area contributed by atoms with E-state index in [0.29, 0.717) is 11.3 Å². The van der Waals surface area contributed by atoms with Crippen LogP contribution in [0.1, 0.15) is 29.3 Å². The van der Waals surface area contributed by atoms with Gasteiger partial charge in [-0.1, -0.05) is 30.3 Å². The number of sulfonamides is 1. The van der Waals surface area contributed by atoms with E-state index < -0.39 is 33.8 Å². The highest BCUT2D eigenvalue weighted by molar-refractivity contribution is 7.89. The van der Waals surface area contributed by atoms with Gasteiger partial charge in [-0.25, -0.2) is 18.1 Å². The van der Waals surface area contributed by atoms with Gasteiger partial charge in [-0.05, 0) is 61.0 Å². The molecule has 0 spiro atoms. The van der Waals surface area contributed by atoms with Crippen molar-refractivity contribution in [3.05, 3.63) is 90.0 Å². The smallest absolute Gasteiger partial charge is 0.338 e. The lowest BCUT2D eigenvalue weighted by Gasteiger charge is -2.27. The Morgan fingerprint density at radius 2 is 1.62 bits per heavy atom. The van der Waals surface area contributed by atoms with E-state index in [4.69, 9.17) is 9.47 Å². The van der Waals surface area contributed by atoms with Crippen molar-refractivity contribution in [3.63, 3.8) is 0 Å². The van der Waals surface area contributed by atoms with E-state index in [9.17, 15) is 22.8 Å². The molecule has 0 bridgehead atoms. The Hall–Kier alpha value is -4.02. The average Bonchev–Trinajstić information content (AvgIpc) is 3.21. The Balaban J connectivity index is 1.68. The maximum absolute atomic E-state index is 13.8. The number of esters is 1. The number of hydrogen-bond donors (Lipinski definition) is 0. The Labute approximate surface area is 215 Å². The fraction of sp³-hybridized carbons (Fsp3) is 0.222. The van der Waals surface area contributed by atoms with E-state index in [1.54, 1.807) is 37.3 Å². The second-order valence-electron chi connectivity index (χ2n) is 8.27. The van der Waals surface area contributed by atoms with Gasteiger partial charge in [0.2, 0.25) is 15.9 Å². The Morgan fingerprint density at radius 1 is 0.973 bits per heavy atom. The number of carbonyl (C=O) groups excluding carboxylic acids is 3. The first-order chi connectivity index (χ1) is 17.8. The molecule has 2 amide bonds. The van der Waals surface area contributed by atoms with Crippen LogP contribution in [0.25, 0.3) is 0 Å². The van der Waals surface area contributed by atoms with Crippen molar-refractivity contribution in [3.8, 4) is 5.75 Å². The summed E-state index contributed by atoms with van der Waals surface area (Å²) in [7, 11) is -2.70. The van der Waals surface area contributed by atoms with E-state index in [0.717, 1.165) is 9.21 Å². The quantitative estimate of drug-likeness (QED) is 0.313. The van der Waals surface area contributed by atoms with Crippen LogP contribution < -0.4 is 9.64 Å². The summed E-state index contributed by atoms with van der Waals surface area (Å²) in [5.74, 6) is -1.24. The zero-order valence-electron chi connectivity index (χ0n) is 20.4. The highest BCUT2D eigenvalue weighted by Crippen LogP contribution is 2.31. The lowest BCUT2D eigenvalue weighted by molar-refractivity contribution is -0.122. The predicted molar refractivity (Wildman–Crippen MR) is 135 cm³/mol.